The van der Waals surface area contributed by atoms with Gasteiger partial charge in [-0.05, 0) is 18.2 Å². The zero-order valence-corrected chi connectivity index (χ0v) is 11.0. The van der Waals surface area contributed by atoms with Crippen molar-refractivity contribution in [2.24, 2.45) is 0 Å². The number of pyridine rings is 1. The zero-order chi connectivity index (χ0) is 12.4. The van der Waals surface area contributed by atoms with Crippen molar-refractivity contribution in [3.63, 3.8) is 0 Å². The molecule has 0 saturated carbocycles. The predicted molar refractivity (Wildman–Crippen MR) is 70.3 cm³/mol. The second-order valence-corrected chi connectivity index (χ2v) is 4.46. The molecular weight excluding hydrogens is 284 g/mol. The number of carbonyl (C=O) groups is 1. The highest BCUT2D eigenvalue weighted by Crippen LogP contribution is 2.33. The van der Waals surface area contributed by atoms with Gasteiger partial charge >= 0.3 is 0 Å². The van der Waals surface area contributed by atoms with E-state index in [1.165, 1.54) is 6.92 Å². The number of anilines is 1. The van der Waals surface area contributed by atoms with Crippen LogP contribution in [0.15, 0.2) is 28.9 Å². The number of hydrogen-bond acceptors (Lipinski definition) is 3. The van der Waals surface area contributed by atoms with Gasteiger partial charge in [0, 0.05) is 16.8 Å². The van der Waals surface area contributed by atoms with E-state index in [-0.39, 0.29) is 5.91 Å². The van der Waals surface area contributed by atoms with Crippen LogP contribution in [0, 0.1) is 0 Å². The van der Waals surface area contributed by atoms with Gasteiger partial charge in [0.2, 0.25) is 5.91 Å². The van der Waals surface area contributed by atoms with Gasteiger partial charge in [-0.15, -0.1) is 0 Å². The first-order valence-electron chi connectivity index (χ1n) is 5.01. The molecule has 0 bridgehead atoms. The second-order valence-electron chi connectivity index (χ2n) is 3.55. The largest absolute Gasteiger partial charge is 0.494 e. The summed E-state index contributed by atoms with van der Waals surface area (Å²) in [5, 5.41) is 3.55. The fraction of sp³-hybridized carbons (Fsp3) is 0.167. The number of fused-ring (bicyclic) bond motifs is 1. The van der Waals surface area contributed by atoms with Crippen LogP contribution < -0.4 is 10.1 Å². The molecule has 0 aliphatic rings. The highest BCUT2D eigenvalue weighted by Gasteiger charge is 2.10. The van der Waals surface area contributed by atoms with Crippen LogP contribution in [-0.4, -0.2) is 18.0 Å². The average Bonchev–Trinajstić information content (AvgIpc) is 2.28. The minimum atomic E-state index is -0.153. The molecule has 0 unspecified atom stereocenters. The standard InChI is InChI=1S/C12H11BrN2O2/c1-7(16)15-11-6-14-10-4-3-8(13)5-9(10)12(11)17-2/h3-6H,1-2H3,(H,15,16). The summed E-state index contributed by atoms with van der Waals surface area (Å²) >= 11 is 3.40. The lowest BCUT2D eigenvalue weighted by molar-refractivity contribution is -0.114. The van der Waals surface area contributed by atoms with Crippen LogP contribution >= 0.6 is 15.9 Å². The van der Waals surface area contributed by atoms with E-state index in [2.05, 4.69) is 26.2 Å². The van der Waals surface area contributed by atoms with E-state index < -0.39 is 0 Å². The number of aromatic nitrogens is 1. The summed E-state index contributed by atoms with van der Waals surface area (Å²) in [7, 11) is 1.57. The third kappa shape index (κ3) is 2.39. The molecule has 1 N–H and O–H groups in total. The van der Waals surface area contributed by atoms with Gasteiger partial charge in [-0.25, -0.2) is 0 Å². The summed E-state index contributed by atoms with van der Waals surface area (Å²) in [6.07, 6.45) is 1.59. The van der Waals surface area contributed by atoms with Crippen molar-refractivity contribution < 1.29 is 9.53 Å². The zero-order valence-electron chi connectivity index (χ0n) is 9.45. The first-order chi connectivity index (χ1) is 8.11. The Balaban J connectivity index is 2.66. The lowest BCUT2D eigenvalue weighted by Crippen LogP contribution is -2.07. The minimum Gasteiger partial charge on any atom is -0.494 e. The molecule has 2 aromatic rings. The van der Waals surface area contributed by atoms with Crippen LogP contribution in [0.2, 0.25) is 0 Å². The van der Waals surface area contributed by atoms with Gasteiger partial charge in [-0.1, -0.05) is 15.9 Å². The molecule has 2 rings (SSSR count). The summed E-state index contributed by atoms with van der Waals surface area (Å²) in [6, 6.07) is 5.71. The van der Waals surface area contributed by atoms with Crippen LogP contribution in [0.25, 0.3) is 10.9 Å². The first-order valence-corrected chi connectivity index (χ1v) is 5.81. The van der Waals surface area contributed by atoms with E-state index in [4.69, 9.17) is 4.74 Å². The van der Waals surface area contributed by atoms with Gasteiger partial charge in [0.15, 0.2) is 5.75 Å². The third-order valence-electron chi connectivity index (χ3n) is 2.30. The van der Waals surface area contributed by atoms with Crippen molar-refractivity contribution in [3.8, 4) is 5.75 Å². The van der Waals surface area contributed by atoms with Crippen LogP contribution in [0.3, 0.4) is 0 Å². The highest BCUT2D eigenvalue weighted by atomic mass is 79.9. The summed E-state index contributed by atoms with van der Waals surface area (Å²) in [5.74, 6) is 0.464. The Labute approximate surface area is 107 Å². The SMILES string of the molecule is COc1c(NC(C)=O)cnc2ccc(Br)cc12. The molecule has 0 fully saturated rings. The van der Waals surface area contributed by atoms with E-state index in [0.29, 0.717) is 11.4 Å². The maximum Gasteiger partial charge on any atom is 0.221 e. The van der Waals surface area contributed by atoms with Crippen molar-refractivity contribution in [2.45, 2.75) is 6.92 Å². The van der Waals surface area contributed by atoms with Crippen LogP contribution in [0.5, 0.6) is 5.75 Å². The molecule has 0 aliphatic heterocycles. The molecule has 1 aromatic carbocycles. The Morgan fingerprint density at radius 1 is 1.47 bits per heavy atom. The Morgan fingerprint density at radius 2 is 2.24 bits per heavy atom. The molecule has 17 heavy (non-hydrogen) atoms. The van der Waals surface area contributed by atoms with E-state index in [9.17, 15) is 4.79 Å². The van der Waals surface area contributed by atoms with Gasteiger partial charge in [0.1, 0.15) is 5.69 Å². The molecule has 0 spiro atoms. The van der Waals surface area contributed by atoms with Crippen molar-refractivity contribution in [3.05, 3.63) is 28.9 Å². The quantitative estimate of drug-likeness (QED) is 0.926. The average molecular weight is 295 g/mol. The lowest BCUT2D eigenvalue weighted by Gasteiger charge is -2.11. The topological polar surface area (TPSA) is 51.2 Å². The summed E-state index contributed by atoms with van der Waals surface area (Å²) in [6.45, 7) is 1.45. The number of hydrogen-bond donors (Lipinski definition) is 1. The molecule has 5 heteroatoms. The number of nitrogens with one attached hydrogen (secondary N) is 1. The summed E-state index contributed by atoms with van der Waals surface area (Å²) < 4.78 is 6.27. The van der Waals surface area contributed by atoms with E-state index in [1.807, 2.05) is 18.2 Å². The maximum atomic E-state index is 11.1. The molecule has 1 amide bonds. The number of methoxy groups -OCH3 is 1. The molecular formula is C12H11BrN2O2. The van der Waals surface area contributed by atoms with E-state index >= 15 is 0 Å². The van der Waals surface area contributed by atoms with E-state index in [1.54, 1.807) is 13.3 Å². The van der Waals surface area contributed by atoms with Gasteiger partial charge in [-0.2, -0.15) is 0 Å². The molecule has 1 aromatic heterocycles. The fourth-order valence-corrected chi connectivity index (χ4v) is 2.00. The van der Waals surface area contributed by atoms with Gasteiger partial charge in [-0.3, -0.25) is 9.78 Å². The molecule has 0 saturated heterocycles. The van der Waals surface area contributed by atoms with Crippen LogP contribution in [0.1, 0.15) is 6.92 Å². The molecule has 1 heterocycles. The number of amides is 1. The molecule has 88 valence electrons. The Morgan fingerprint density at radius 3 is 2.88 bits per heavy atom. The van der Waals surface area contributed by atoms with Gasteiger partial charge in [0.05, 0.1) is 18.8 Å². The van der Waals surface area contributed by atoms with Crippen LogP contribution in [-0.2, 0) is 4.79 Å². The monoisotopic (exact) mass is 294 g/mol. The van der Waals surface area contributed by atoms with Crippen LogP contribution in [0.4, 0.5) is 5.69 Å². The van der Waals surface area contributed by atoms with Crippen molar-refractivity contribution >= 4 is 38.4 Å². The van der Waals surface area contributed by atoms with Crippen molar-refractivity contribution in [2.75, 3.05) is 12.4 Å². The summed E-state index contributed by atoms with van der Waals surface area (Å²) in [4.78, 5) is 15.3. The molecule has 4 nitrogen and oxygen atoms in total. The first kappa shape index (κ1) is 11.9. The van der Waals surface area contributed by atoms with Crippen molar-refractivity contribution in [1.82, 2.24) is 4.98 Å². The van der Waals surface area contributed by atoms with Crippen molar-refractivity contribution in [1.29, 1.82) is 0 Å². The number of benzene rings is 1. The Hall–Kier alpha value is -1.62. The van der Waals surface area contributed by atoms with Gasteiger partial charge < -0.3 is 10.1 Å². The number of nitrogens with zero attached hydrogens (tertiary/aromatic N) is 1. The third-order valence-corrected chi connectivity index (χ3v) is 2.79. The minimum absolute atomic E-state index is 0.153. The maximum absolute atomic E-state index is 11.1. The van der Waals surface area contributed by atoms with E-state index in [0.717, 1.165) is 15.4 Å². The normalized spacial score (nSPS) is 10.3. The molecule has 0 radical (unpaired) electrons. The molecule has 0 atom stereocenters. The molecule has 0 aliphatic carbocycles. The predicted octanol–water partition coefficient (Wildman–Crippen LogP) is 2.96. The number of carbonyl (C=O) groups excluding carboxylic acids is 1. The highest BCUT2D eigenvalue weighted by molar-refractivity contribution is 9.10. The second kappa shape index (κ2) is 4.71. The number of halogens is 1. The number of ether oxygens (including phenoxy) is 1. The number of rotatable bonds is 2. The summed E-state index contributed by atoms with van der Waals surface area (Å²) in [5.41, 5.74) is 1.39. The Bertz CT molecular complexity index is 584. The lowest BCUT2D eigenvalue weighted by atomic mass is 10.2. The smallest absolute Gasteiger partial charge is 0.221 e. The fourth-order valence-electron chi connectivity index (χ4n) is 1.64. The van der Waals surface area contributed by atoms with Gasteiger partial charge in [0.25, 0.3) is 0 Å². The Kier molecular flexibility index (Phi) is 3.28.